The molecule has 1 aromatic rings. The number of benzene rings is 1. The molecule has 1 aromatic carbocycles. The van der Waals surface area contributed by atoms with Crippen LogP contribution in [0.2, 0.25) is 0 Å². The largest absolute Gasteiger partial charge is 0.334 e. The summed E-state index contributed by atoms with van der Waals surface area (Å²) in [6.45, 7) is 3.30. The van der Waals surface area contributed by atoms with Gasteiger partial charge in [0.1, 0.15) is 0 Å². The number of hydrogen-bond acceptors (Lipinski definition) is 3. The summed E-state index contributed by atoms with van der Waals surface area (Å²) in [5.74, 6) is -0.0894. The molecule has 0 saturated carbocycles. The summed E-state index contributed by atoms with van der Waals surface area (Å²) in [7, 11) is -3.71. The van der Waals surface area contributed by atoms with E-state index in [0.717, 1.165) is 6.42 Å². The van der Waals surface area contributed by atoms with Crippen LogP contribution in [0.1, 0.15) is 23.7 Å². The predicted octanol–water partition coefficient (Wildman–Crippen LogP) is 1.13. The summed E-state index contributed by atoms with van der Waals surface area (Å²) in [5, 5.41) is 5.01. The quantitative estimate of drug-likeness (QED) is 0.824. The predicted molar refractivity (Wildman–Crippen MR) is 72.1 cm³/mol. The molecule has 0 bridgehead atoms. The first-order valence-corrected chi connectivity index (χ1v) is 7.50. The molecule has 1 heterocycles. The number of nitrogens with two attached hydrogens (primary N) is 1. The van der Waals surface area contributed by atoms with E-state index in [1.807, 2.05) is 6.92 Å². The van der Waals surface area contributed by atoms with Crippen molar-refractivity contribution in [2.24, 2.45) is 5.14 Å². The van der Waals surface area contributed by atoms with Gasteiger partial charge in [-0.15, -0.1) is 0 Å². The molecule has 0 aromatic heterocycles. The molecule has 0 radical (unpaired) electrons. The summed E-state index contributed by atoms with van der Waals surface area (Å²) >= 11 is 0. The molecular formula is C13H16N2O3S. The molecule has 1 aliphatic heterocycles. The van der Waals surface area contributed by atoms with Crippen molar-refractivity contribution in [3.8, 4) is 0 Å². The number of amides is 1. The first-order chi connectivity index (χ1) is 8.88. The van der Waals surface area contributed by atoms with Crippen molar-refractivity contribution in [2.45, 2.75) is 18.2 Å². The van der Waals surface area contributed by atoms with E-state index in [2.05, 4.69) is 6.08 Å². The fourth-order valence-electron chi connectivity index (χ4n) is 2.05. The van der Waals surface area contributed by atoms with E-state index in [0.29, 0.717) is 18.7 Å². The van der Waals surface area contributed by atoms with Crippen molar-refractivity contribution < 1.29 is 13.2 Å². The van der Waals surface area contributed by atoms with E-state index in [1.54, 1.807) is 4.90 Å². The minimum absolute atomic E-state index is 0.0128. The minimum Gasteiger partial charge on any atom is -0.334 e. The lowest BCUT2D eigenvalue weighted by atomic mass is 10.1. The van der Waals surface area contributed by atoms with Gasteiger partial charge in [0.25, 0.3) is 5.91 Å². The van der Waals surface area contributed by atoms with Gasteiger partial charge in [-0.3, -0.25) is 4.79 Å². The second-order valence-corrected chi connectivity index (χ2v) is 6.20. The number of rotatable bonds is 2. The second-order valence-electron chi connectivity index (χ2n) is 4.64. The zero-order chi connectivity index (χ0) is 14.0. The first kappa shape index (κ1) is 13.8. The summed E-state index contributed by atoms with van der Waals surface area (Å²) in [5.41, 5.74) is 1.64. The molecular weight excluding hydrogens is 264 g/mol. The van der Waals surface area contributed by atoms with Gasteiger partial charge in [0.2, 0.25) is 10.0 Å². The molecule has 1 aliphatic rings. The molecule has 102 valence electrons. The maximum absolute atomic E-state index is 12.2. The Hall–Kier alpha value is -1.66. The number of hydrogen-bond donors (Lipinski definition) is 1. The van der Waals surface area contributed by atoms with Crippen LogP contribution in [-0.2, 0) is 10.0 Å². The highest BCUT2D eigenvalue weighted by Gasteiger charge is 2.18. The van der Waals surface area contributed by atoms with E-state index >= 15 is 0 Å². The fourth-order valence-corrected chi connectivity index (χ4v) is 2.57. The van der Waals surface area contributed by atoms with Crippen LogP contribution >= 0.6 is 0 Å². The first-order valence-electron chi connectivity index (χ1n) is 5.96. The lowest BCUT2D eigenvalue weighted by Gasteiger charge is -2.26. The Bertz CT molecular complexity index is 618. The van der Waals surface area contributed by atoms with Crippen molar-refractivity contribution in [2.75, 3.05) is 13.1 Å². The van der Waals surface area contributed by atoms with Crippen molar-refractivity contribution in [3.05, 3.63) is 41.5 Å². The van der Waals surface area contributed by atoms with Crippen LogP contribution in [0.25, 0.3) is 0 Å². The summed E-state index contributed by atoms with van der Waals surface area (Å²) in [4.78, 5) is 14.0. The van der Waals surface area contributed by atoms with Crippen molar-refractivity contribution >= 4 is 15.9 Å². The number of primary sulfonamides is 1. The van der Waals surface area contributed by atoms with Gasteiger partial charge in [0, 0.05) is 18.7 Å². The van der Waals surface area contributed by atoms with Crippen LogP contribution in [0.3, 0.4) is 0 Å². The molecule has 2 N–H and O–H groups in total. The standard InChI is InChI=1S/C13H16N2O3S/c1-10-3-2-8-15(9-10)13(16)11-4-6-12(7-5-11)19(14,17)18/h3-7H,2,8-9H2,1H3,(H2,14,17,18). The van der Waals surface area contributed by atoms with E-state index in [9.17, 15) is 13.2 Å². The number of nitrogens with zero attached hydrogens (tertiary/aromatic N) is 1. The maximum atomic E-state index is 12.2. The van der Waals surface area contributed by atoms with Gasteiger partial charge >= 0.3 is 0 Å². The van der Waals surface area contributed by atoms with E-state index in [4.69, 9.17) is 5.14 Å². The zero-order valence-corrected chi connectivity index (χ0v) is 11.5. The lowest BCUT2D eigenvalue weighted by molar-refractivity contribution is 0.0766. The molecule has 2 rings (SSSR count). The molecule has 1 amide bonds. The number of carbonyl (C=O) groups excluding carboxylic acids is 1. The molecule has 5 nitrogen and oxygen atoms in total. The molecule has 0 atom stereocenters. The molecule has 19 heavy (non-hydrogen) atoms. The van der Waals surface area contributed by atoms with Gasteiger partial charge in [-0.25, -0.2) is 13.6 Å². The van der Waals surface area contributed by atoms with Crippen molar-refractivity contribution in [1.29, 1.82) is 0 Å². The van der Waals surface area contributed by atoms with E-state index in [-0.39, 0.29) is 10.8 Å². The minimum atomic E-state index is -3.71. The Morgan fingerprint density at radius 2 is 1.89 bits per heavy atom. The molecule has 0 spiro atoms. The van der Waals surface area contributed by atoms with Crippen LogP contribution in [0, 0.1) is 0 Å². The van der Waals surface area contributed by atoms with Crippen LogP contribution in [0.5, 0.6) is 0 Å². The lowest BCUT2D eigenvalue weighted by Crippen LogP contribution is -2.35. The third-order valence-corrected chi connectivity index (χ3v) is 3.98. The number of carbonyl (C=O) groups is 1. The summed E-state index contributed by atoms with van der Waals surface area (Å²) in [6.07, 6.45) is 2.97. The number of sulfonamides is 1. The average molecular weight is 280 g/mol. The van der Waals surface area contributed by atoms with Gasteiger partial charge in [0.15, 0.2) is 0 Å². The highest BCUT2D eigenvalue weighted by molar-refractivity contribution is 7.89. The molecule has 0 fully saturated rings. The van der Waals surface area contributed by atoms with Crippen LogP contribution in [0.15, 0.2) is 40.8 Å². The Balaban J connectivity index is 2.19. The third kappa shape index (κ3) is 3.21. The van der Waals surface area contributed by atoms with Gasteiger partial charge < -0.3 is 4.90 Å². The Kier molecular flexibility index (Phi) is 3.73. The summed E-state index contributed by atoms with van der Waals surface area (Å²) < 4.78 is 22.3. The molecule has 0 unspecified atom stereocenters. The van der Waals surface area contributed by atoms with E-state index < -0.39 is 10.0 Å². The van der Waals surface area contributed by atoms with Crippen molar-refractivity contribution in [3.63, 3.8) is 0 Å². The Morgan fingerprint density at radius 1 is 1.26 bits per heavy atom. The highest BCUT2D eigenvalue weighted by atomic mass is 32.2. The normalized spacial score (nSPS) is 16.1. The van der Waals surface area contributed by atoms with Crippen LogP contribution < -0.4 is 5.14 Å². The average Bonchev–Trinajstić information content (AvgIpc) is 2.37. The SMILES string of the molecule is CC1=CCCN(C(=O)c2ccc(S(N)(=O)=O)cc2)C1. The third-order valence-electron chi connectivity index (χ3n) is 3.05. The fraction of sp³-hybridized carbons (Fsp3) is 0.308. The van der Waals surface area contributed by atoms with E-state index in [1.165, 1.54) is 29.8 Å². The van der Waals surface area contributed by atoms with Gasteiger partial charge in [0.05, 0.1) is 4.90 Å². The highest BCUT2D eigenvalue weighted by Crippen LogP contribution is 2.15. The van der Waals surface area contributed by atoms with Gasteiger partial charge in [-0.2, -0.15) is 0 Å². The summed E-state index contributed by atoms with van der Waals surface area (Å²) in [6, 6.07) is 5.70. The monoisotopic (exact) mass is 280 g/mol. The maximum Gasteiger partial charge on any atom is 0.254 e. The zero-order valence-electron chi connectivity index (χ0n) is 10.7. The second kappa shape index (κ2) is 5.14. The molecule has 0 saturated heterocycles. The topological polar surface area (TPSA) is 80.5 Å². The van der Waals surface area contributed by atoms with Crippen LogP contribution in [-0.4, -0.2) is 32.3 Å². The molecule has 6 heteroatoms. The van der Waals surface area contributed by atoms with Gasteiger partial charge in [-0.1, -0.05) is 11.6 Å². The van der Waals surface area contributed by atoms with Crippen LogP contribution in [0.4, 0.5) is 0 Å². The Morgan fingerprint density at radius 3 is 2.42 bits per heavy atom. The van der Waals surface area contributed by atoms with Crippen molar-refractivity contribution in [1.82, 2.24) is 4.90 Å². The molecule has 0 aliphatic carbocycles. The Labute approximate surface area is 112 Å². The smallest absolute Gasteiger partial charge is 0.254 e. The van der Waals surface area contributed by atoms with Gasteiger partial charge in [-0.05, 0) is 37.6 Å².